The van der Waals surface area contributed by atoms with Crippen LogP contribution in [0.15, 0.2) is 24.3 Å². The molecule has 1 atom stereocenters. The molecule has 0 amide bonds. The van der Waals surface area contributed by atoms with E-state index in [0.717, 1.165) is 6.42 Å². The molecule has 3 nitrogen and oxygen atoms in total. The van der Waals surface area contributed by atoms with E-state index in [4.69, 9.17) is 4.89 Å². The second-order valence-corrected chi connectivity index (χ2v) is 2.98. The molecule has 4 heteroatoms. The van der Waals surface area contributed by atoms with Crippen molar-refractivity contribution < 1.29 is 14.0 Å². The molecule has 0 aliphatic heterocycles. The minimum absolute atomic E-state index is 0.427. The highest BCUT2D eigenvalue weighted by atomic mass is 31.1. The molecule has 0 bridgehead atoms. The number of rotatable bonds is 3. The van der Waals surface area contributed by atoms with Gasteiger partial charge in [-0.1, -0.05) is 19.1 Å². The molecule has 0 saturated heterocycles. The number of hydrogen-bond acceptors (Lipinski definition) is 2. The van der Waals surface area contributed by atoms with Crippen LogP contribution in [-0.2, 0) is 11.0 Å². The van der Waals surface area contributed by atoms with Gasteiger partial charge in [-0.2, -0.15) is 0 Å². The Morgan fingerprint density at radius 2 is 2.00 bits per heavy atom. The minimum Gasteiger partial charge on any atom is -0.229 e. The summed E-state index contributed by atoms with van der Waals surface area (Å²) >= 11 is 0. The molecule has 1 aromatic carbocycles. The van der Waals surface area contributed by atoms with E-state index >= 15 is 0 Å². The maximum absolute atomic E-state index is 10.2. The van der Waals surface area contributed by atoms with Crippen molar-refractivity contribution in [3.8, 4) is 5.75 Å². The van der Waals surface area contributed by atoms with Crippen LogP contribution in [0.25, 0.3) is 0 Å². The zero-order valence-corrected chi connectivity index (χ0v) is 7.62. The Kier molecular flexibility index (Phi) is 3.20. The second-order valence-electron chi connectivity index (χ2n) is 2.33. The van der Waals surface area contributed by atoms with Crippen LogP contribution >= 0.6 is 8.25 Å². The summed E-state index contributed by atoms with van der Waals surface area (Å²) in [5.41, 5.74) is 1.18. The lowest BCUT2D eigenvalue weighted by Crippen LogP contribution is -1.82. The lowest BCUT2D eigenvalue weighted by molar-refractivity contribution is 0.410. The summed E-state index contributed by atoms with van der Waals surface area (Å²) in [5.74, 6) is 0.427. The first-order chi connectivity index (χ1) is 5.72. The van der Waals surface area contributed by atoms with Gasteiger partial charge in [0.1, 0.15) is 0 Å². The normalized spacial score (nSPS) is 11.0. The van der Waals surface area contributed by atoms with E-state index in [9.17, 15) is 4.57 Å². The SMILES string of the molecule is CCc1ccc(O[P+](=O)O)cc1. The van der Waals surface area contributed by atoms with E-state index in [1.807, 2.05) is 19.1 Å². The zero-order valence-electron chi connectivity index (χ0n) is 6.73. The third-order valence-corrected chi connectivity index (χ3v) is 1.88. The van der Waals surface area contributed by atoms with E-state index in [1.54, 1.807) is 12.1 Å². The third-order valence-electron chi connectivity index (χ3n) is 1.52. The first kappa shape index (κ1) is 9.17. The predicted molar refractivity (Wildman–Crippen MR) is 46.3 cm³/mol. The number of benzene rings is 1. The van der Waals surface area contributed by atoms with E-state index in [2.05, 4.69) is 4.52 Å². The first-order valence-corrected chi connectivity index (χ1v) is 4.78. The van der Waals surface area contributed by atoms with Gasteiger partial charge in [-0.25, -0.2) is 4.52 Å². The second kappa shape index (κ2) is 4.19. The van der Waals surface area contributed by atoms with Gasteiger partial charge in [0.2, 0.25) is 0 Å². The van der Waals surface area contributed by atoms with Gasteiger partial charge in [-0.15, -0.1) is 4.89 Å². The molecule has 1 rings (SSSR count). The van der Waals surface area contributed by atoms with Crippen LogP contribution in [0.5, 0.6) is 5.75 Å². The fourth-order valence-corrected chi connectivity index (χ4v) is 1.18. The van der Waals surface area contributed by atoms with Crippen LogP contribution in [0.3, 0.4) is 0 Å². The summed E-state index contributed by atoms with van der Waals surface area (Å²) in [5, 5.41) is 0. The number of hydrogen-bond donors (Lipinski definition) is 1. The van der Waals surface area contributed by atoms with Crippen molar-refractivity contribution in [2.45, 2.75) is 13.3 Å². The first-order valence-electron chi connectivity index (χ1n) is 3.65. The van der Waals surface area contributed by atoms with Crippen LogP contribution in [0, 0.1) is 0 Å². The highest BCUT2D eigenvalue weighted by Gasteiger charge is 2.12. The highest BCUT2D eigenvalue weighted by molar-refractivity contribution is 7.32. The smallest absolute Gasteiger partial charge is 0.229 e. The molecule has 1 N–H and O–H groups in total. The van der Waals surface area contributed by atoms with Crippen molar-refractivity contribution in [3.05, 3.63) is 29.8 Å². The molecule has 0 saturated carbocycles. The summed E-state index contributed by atoms with van der Waals surface area (Å²) in [6.07, 6.45) is 0.950. The van der Waals surface area contributed by atoms with Gasteiger partial charge in [0, 0.05) is 4.57 Å². The third kappa shape index (κ3) is 2.61. The van der Waals surface area contributed by atoms with E-state index in [0.29, 0.717) is 5.75 Å². The van der Waals surface area contributed by atoms with Gasteiger partial charge < -0.3 is 0 Å². The zero-order chi connectivity index (χ0) is 8.97. The van der Waals surface area contributed by atoms with Crippen molar-refractivity contribution in [1.82, 2.24) is 0 Å². The minimum atomic E-state index is -2.54. The van der Waals surface area contributed by atoms with Crippen molar-refractivity contribution >= 4 is 8.25 Å². The molecule has 0 radical (unpaired) electrons. The molecule has 0 aliphatic rings. The molecular weight excluding hydrogens is 175 g/mol. The summed E-state index contributed by atoms with van der Waals surface area (Å²) in [6, 6.07) is 7.10. The van der Waals surface area contributed by atoms with Crippen molar-refractivity contribution in [1.29, 1.82) is 0 Å². The monoisotopic (exact) mass is 185 g/mol. The van der Waals surface area contributed by atoms with Gasteiger partial charge in [-0.3, -0.25) is 0 Å². The fraction of sp³-hybridized carbons (Fsp3) is 0.250. The Balaban J connectivity index is 2.71. The van der Waals surface area contributed by atoms with Crippen LogP contribution < -0.4 is 4.52 Å². The van der Waals surface area contributed by atoms with E-state index < -0.39 is 8.25 Å². The standard InChI is InChI=1S/C8H9O3P/c1-2-7-3-5-8(6-4-7)11-12(9)10/h3-6H,2H2,1H3/p+1. The molecule has 0 spiro atoms. The Labute approximate surface area is 71.9 Å². The van der Waals surface area contributed by atoms with Gasteiger partial charge >= 0.3 is 8.25 Å². The molecule has 0 heterocycles. The van der Waals surface area contributed by atoms with Gasteiger partial charge in [0.05, 0.1) is 0 Å². The molecule has 12 heavy (non-hydrogen) atoms. The quantitative estimate of drug-likeness (QED) is 0.734. The average molecular weight is 185 g/mol. The summed E-state index contributed by atoms with van der Waals surface area (Å²) in [6.45, 7) is 2.04. The molecular formula is C8H10O3P+. The fourth-order valence-electron chi connectivity index (χ4n) is 0.876. The van der Waals surface area contributed by atoms with E-state index in [1.165, 1.54) is 5.56 Å². The predicted octanol–water partition coefficient (Wildman–Crippen LogP) is 2.28. The Bertz CT molecular complexity index is 268. The van der Waals surface area contributed by atoms with Crippen molar-refractivity contribution in [2.24, 2.45) is 0 Å². The van der Waals surface area contributed by atoms with Crippen molar-refractivity contribution in [3.63, 3.8) is 0 Å². The molecule has 1 unspecified atom stereocenters. The molecule has 0 aromatic heterocycles. The van der Waals surface area contributed by atoms with Crippen LogP contribution in [0.2, 0.25) is 0 Å². The maximum atomic E-state index is 10.2. The van der Waals surface area contributed by atoms with Crippen LogP contribution in [-0.4, -0.2) is 4.89 Å². The lowest BCUT2D eigenvalue weighted by atomic mass is 10.2. The Hall–Kier alpha value is -0.920. The summed E-state index contributed by atoms with van der Waals surface area (Å²) in [7, 11) is -2.54. The largest absolute Gasteiger partial charge is 0.747 e. The van der Waals surface area contributed by atoms with Crippen LogP contribution in [0.4, 0.5) is 0 Å². The Morgan fingerprint density at radius 3 is 2.42 bits per heavy atom. The average Bonchev–Trinajstić information content (AvgIpc) is 2.05. The van der Waals surface area contributed by atoms with E-state index in [-0.39, 0.29) is 0 Å². The van der Waals surface area contributed by atoms with Gasteiger partial charge in [0.25, 0.3) is 0 Å². The molecule has 1 aromatic rings. The lowest BCUT2D eigenvalue weighted by Gasteiger charge is -1.94. The Morgan fingerprint density at radius 1 is 1.42 bits per heavy atom. The summed E-state index contributed by atoms with van der Waals surface area (Å²) in [4.78, 5) is 8.42. The number of aryl methyl sites for hydroxylation is 1. The van der Waals surface area contributed by atoms with Crippen molar-refractivity contribution in [2.75, 3.05) is 0 Å². The summed E-state index contributed by atoms with van der Waals surface area (Å²) < 4.78 is 14.8. The maximum Gasteiger partial charge on any atom is 0.747 e. The topological polar surface area (TPSA) is 46.5 Å². The molecule has 0 aliphatic carbocycles. The molecule has 64 valence electrons. The molecule has 0 fully saturated rings. The van der Waals surface area contributed by atoms with Gasteiger partial charge in [-0.05, 0) is 24.1 Å². The van der Waals surface area contributed by atoms with Crippen LogP contribution in [0.1, 0.15) is 12.5 Å². The van der Waals surface area contributed by atoms with Gasteiger partial charge in [0.15, 0.2) is 5.75 Å². The highest BCUT2D eigenvalue weighted by Crippen LogP contribution is 2.22.